The van der Waals surface area contributed by atoms with E-state index in [2.05, 4.69) is 22.7 Å². The maximum atomic E-state index is 13.8. The van der Waals surface area contributed by atoms with Crippen molar-refractivity contribution >= 4 is 21.9 Å². The lowest BCUT2D eigenvalue weighted by Gasteiger charge is -2.26. The summed E-state index contributed by atoms with van der Waals surface area (Å²) in [6, 6.07) is 7.27. The van der Waals surface area contributed by atoms with Crippen molar-refractivity contribution in [1.29, 1.82) is 0 Å². The Bertz CT molecular complexity index is 866. The predicted molar refractivity (Wildman–Crippen MR) is 109 cm³/mol. The van der Waals surface area contributed by atoms with Crippen LogP contribution >= 0.6 is 0 Å². The van der Waals surface area contributed by atoms with E-state index in [-0.39, 0.29) is 10.6 Å². The minimum absolute atomic E-state index is 0.197. The summed E-state index contributed by atoms with van der Waals surface area (Å²) >= 11 is 0. The molecule has 4 rings (SSSR count). The van der Waals surface area contributed by atoms with Crippen molar-refractivity contribution < 1.29 is 8.60 Å². The second-order valence-electron chi connectivity index (χ2n) is 9.15. The monoisotopic (exact) mass is 388 g/mol. The molecule has 1 N–H and O–H groups in total. The van der Waals surface area contributed by atoms with Gasteiger partial charge in [-0.05, 0) is 93.5 Å². The number of nitrogens with zero attached hydrogens (tertiary/aromatic N) is 1. The molecular formula is C22H29FN2OS. The Morgan fingerprint density at radius 1 is 1.26 bits per heavy atom. The number of rotatable bonds is 5. The predicted octanol–water partition coefficient (Wildman–Crippen LogP) is 4.94. The summed E-state index contributed by atoms with van der Waals surface area (Å²) < 4.78 is 29.4. The maximum Gasteiger partial charge on any atom is 0.123 e. The molecular weight excluding hydrogens is 359 g/mol. The first-order valence-electron chi connectivity index (χ1n) is 10.0. The van der Waals surface area contributed by atoms with Gasteiger partial charge in [0.15, 0.2) is 0 Å². The van der Waals surface area contributed by atoms with Crippen LogP contribution in [0.15, 0.2) is 30.5 Å². The van der Waals surface area contributed by atoms with E-state index < -0.39 is 11.0 Å². The van der Waals surface area contributed by atoms with Gasteiger partial charge in [0.25, 0.3) is 0 Å². The zero-order valence-corrected chi connectivity index (χ0v) is 17.4. The Morgan fingerprint density at radius 3 is 2.59 bits per heavy atom. The molecule has 1 aromatic heterocycles. The molecule has 2 aromatic rings. The second-order valence-corrected chi connectivity index (χ2v) is 11.1. The van der Waals surface area contributed by atoms with Crippen molar-refractivity contribution in [1.82, 2.24) is 9.71 Å². The van der Waals surface area contributed by atoms with E-state index in [0.29, 0.717) is 29.7 Å². The fourth-order valence-corrected chi connectivity index (χ4v) is 5.94. The van der Waals surface area contributed by atoms with E-state index >= 15 is 0 Å². The van der Waals surface area contributed by atoms with Gasteiger partial charge in [-0.2, -0.15) is 0 Å². The van der Waals surface area contributed by atoms with Crippen molar-refractivity contribution in [3.8, 4) is 0 Å². The van der Waals surface area contributed by atoms with E-state index in [1.807, 2.05) is 27.0 Å². The largest absolute Gasteiger partial charge is 0.256 e. The molecule has 6 atom stereocenters. The number of fused-ring (bicyclic) bond motifs is 2. The highest BCUT2D eigenvalue weighted by Gasteiger charge is 2.58. The van der Waals surface area contributed by atoms with Crippen LogP contribution in [0.1, 0.15) is 58.4 Å². The Hall–Kier alpha value is -1.33. The van der Waals surface area contributed by atoms with Gasteiger partial charge in [0, 0.05) is 17.6 Å². The van der Waals surface area contributed by atoms with Crippen molar-refractivity contribution in [3.63, 3.8) is 0 Å². The molecule has 0 radical (unpaired) electrons. The number of pyridine rings is 1. The highest BCUT2D eigenvalue weighted by atomic mass is 32.2. The third-order valence-corrected chi connectivity index (χ3v) is 8.04. The molecule has 2 aliphatic rings. The number of benzene rings is 1. The van der Waals surface area contributed by atoms with Crippen molar-refractivity contribution in [2.24, 2.45) is 17.8 Å². The third kappa shape index (κ3) is 3.56. The zero-order chi connectivity index (χ0) is 19.3. The van der Waals surface area contributed by atoms with E-state index in [1.54, 1.807) is 12.1 Å². The van der Waals surface area contributed by atoms with Gasteiger partial charge in [0.05, 0.1) is 21.2 Å². The smallest absolute Gasteiger partial charge is 0.123 e. The SMILES string of the molecule is CC[C@@H](NS(=O)C(C)(C)C)C1[C@H]2CC(c3ccnc4ccc(F)cc34)C[C@@H]12. The molecule has 27 heavy (non-hydrogen) atoms. The highest BCUT2D eigenvalue weighted by molar-refractivity contribution is 7.84. The number of hydrogen-bond donors (Lipinski definition) is 1. The minimum Gasteiger partial charge on any atom is -0.256 e. The van der Waals surface area contributed by atoms with Gasteiger partial charge in [0.2, 0.25) is 0 Å². The van der Waals surface area contributed by atoms with Gasteiger partial charge in [0.1, 0.15) is 5.82 Å². The minimum atomic E-state index is -1.02. The molecule has 1 heterocycles. The first-order valence-corrected chi connectivity index (χ1v) is 11.2. The summed E-state index contributed by atoms with van der Waals surface area (Å²) in [5.74, 6) is 2.30. The number of nitrogens with one attached hydrogen (secondary N) is 1. The normalized spacial score (nSPS) is 29.5. The second kappa shape index (κ2) is 6.93. The summed E-state index contributed by atoms with van der Waals surface area (Å²) in [5, 5.41) is 0.958. The maximum absolute atomic E-state index is 13.8. The van der Waals surface area contributed by atoms with Crippen LogP contribution in [0.4, 0.5) is 4.39 Å². The summed E-state index contributed by atoms with van der Waals surface area (Å²) in [7, 11) is -1.02. The number of halogens is 1. The van der Waals surface area contributed by atoms with Crippen LogP contribution in [0.5, 0.6) is 0 Å². The summed E-state index contributed by atoms with van der Waals surface area (Å²) in [4.78, 5) is 4.39. The molecule has 2 fully saturated rings. The van der Waals surface area contributed by atoms with Crippen LogP contribution in [0, 0.1) is 23.6 Å². The fraction of sp³-hybridized carbons (Fsp3) is 0.591. The van der Waals surface area contributed by atoms with Gasteiger partial charge in [-0.3, -0.25) is 4.98 Å². The summed E-state index contributed by atoms with van der Waals surface area (Å²) in [6.07, 6.45) is 5.14. The molecule has 0 bridgehead atoms. The van der Waals surface area contributed by atoms with E-state index in [4.69, 9.17) is 0 Å². The lowest BCUT2D eigenvalue weighted by atomic mass is 9.88. The molecule has 2 saturated carbocycles. The molecule has 0 aliphatic heterocycles. The highest BCUT2D eigenvalue weighted by Crippen LogP contribution is 2.64. The summed E-state index contributed by atoms with van der Waals surface area (Å²) in [5.41, 5.74) is 2.12. The van der Waals surface area contributed by atoms with E-state index in [1.165, 1.54) is 11.6 Å². The molecule has 1 aromatic carbocycles. The van der Waals surface area contributed by atoms with Crippen molar-refractivity contribution in [2.45, 2.75) is 63.7 Å². The third-order valence-electron chi connectivity index (χ3n) is 6.41. The molecule has 0 spiro atoms. The average molecular weight is 389 g/mol. The van der Waals surface area contributed by atoms with Crippen molar-refractivity contribution in [3.05, 3.63) is 41.8 Å². The lowest BCUT2D eigenvalue weighted by molar-refractivity contribution is 0.428. The van der Waals surface area contributed by atoms with Gasteiger partial charge < -0.3 is 0 Å². The Balaban J connectivity index is 1.47. The van der Waals surface area contributed by atoms with Crippen LogP contribution < -0.4 is 4.72 Å². The van der Waals surface area contributed by atoms with Crippen LogP contribution in [-0.4, -0.2) is 20.0 Å². The Kier molecular flexibility index (Phi) is 4.88. The van der Waals surface area contributed by atoms with Gasteiger partial charge in [-0.1, -0.05) is 6.92 Å². The fourth-order valence-electron chi connectivity index (χ4n) is 4.99. The molecule has 2 aliphatic carbocycles. The van der Waals surface area contributed by atoms with E-state index in [9.17, 15) is 8.60 Å². The Morgan fingerprint density at radius 2 is 1.96 bits per heavy atom. The van der Waals surface area contributed by atoms with Crippen LogP contribution in [0.2, 0.25) is 0 Å². The molecule has 146 valence electrons. The molecule has 3 unspecified atom stereocenters. The van der Waals surface area contributed by atoms with Gasteiger partial charge >= 0.3 is 0 Å². The Labute approximate surface area is 163 Å². The van der Waals surface area contributed by atoms with Crippen molar-refractivity contribution in [2.75, 3.05) is 0 Å². The topological polar surface area (TPSA) is 42.0 Å². The van der Waals surface area contributed by atoms with Crippen LogP contribution in [0.25, 0.3) is 10.9 Å². The van der Waals surface area contributed by atoms with Crippen LogP contribution in [0.3, 0.4) is 0 Å². The number of hydrogen-bond acceptors (Lipinski definition) is 2. The average Bonchev–Trinajstić information content (AvgIpc) is 3.10. The lowest BCUT2D eigenvalue weighted by Crippen LogP contribution is -2.41. The standard InChI is InChI=1S/C22H29FN2OS/c1-5-19(25-27(26)22(2,3)4)21-17-10-13(11-18(17)21)15-8-9-24-20-7-6-14(23)12-16(15)20/h6-9,12-13,17-19,21,25H,5,10-11H2,1-4H3/t13?,17-,18+,19-,21?,27?/m1/s1. The quantitative estimate of drug-likeness (QED) is 0.788. The molecule has 0 amide bonds. The number of aromatic nitrogens is 1. The molecule has 5 heteroatoms. The van der Waals surface area contributed by atoms with Gasteiger partial charge in [-0.15, -0.1) is 0 Å². The van der Waals surface area contributed by atoms with E-state index in [0.717, 1.165) is 30.2 Å². The first-order chi connectivity index (χ1) is 12.8. The molecule has 0 saturated heterocycles. The molecule has 3 nitrogen and oxygen atoms in total. The summed E-state index contributed by atoms with van der Waals surface area (Å²) in [6.45, 7) is 8.23. The van der Waals surface area contributed by atoms with Gasteiger partial charge in [-0.25, -0.2) is 13.3 Å². The zero-order valence-electron chi connectivity index (χ0n) is 16.5. The van der Waals surface area contributed by atoms with Crippen LogP contribution in [-0.2, 0) is 11.0 Å². The first kappa shape index (κ1) is 19.0.